The molecule has 2 aliphatic rings. The molecule has 26 heavy (non-hydrogen) atoms. The summed E-state index contributed by atoms with van der Waals surface area (Å²) in [6, 6.07) is 0. The van der Waals surface area contributed by atoms with Gasteiger partial charge in [0, 0.05) is 5.75 Å². The Labute approximate surface area is 152 Å². The van der Waals surface area contributed by atoms with Crippen LogP contribution in [-0.2, 0) is 10.1 Å². The normalized spacial score (nSPS) is 26.0. The average Bonchev–Trinajstić information content (AvgIpc) is 2.74. The van der Waals surface area contributed by atoms with E-state index in [4.69, 9.17) is 4.55 Å². The van der Waals surface area contributed by atoms with Crippen molar-refractivity contribution in [3.63, 3.8) is 0 Å². The van der Waals surface area contributed by atoms with Gasteiger partial charge >= 0.3 is 26.5 Å². The van der Waals surface area contributed by atoms with Gasteiger partial charge in [-0.15, -0.1) is 0 Å². The summed E-state index contributed by atoms with van der Waals surface area (Å²) in [5.41, 5.74) is 0.468. The third-order valence-corrected chi connectivity index (χ3v) is 7.14. The van der Waals surface area contributed by atoms with Crippen molar-refractivity contribution in [1.82, 2.24) is 0 Å². The molecule has 2 rings (SSSR count). The van der Waals surface area contributed by atoms with E-state index in [9.17, 15) is 34.8 Å². The zero-order chi connectivity index (χ0) is 19.8. The molecule has 2 aliphatic carbocycles. The fourth-order valence-electron chi connectivity index (χ4n) is 3.50. The zero-order valence-corrected chi connectivity index (χ0v) is 15.4. The van der Waals surface area contributed by atoms with Gasteiger partial charge in [-0.3, -0.25) is 4.55 Å². The van der Waals surface area contributed by atoms with Crippen LogP contribution >= 0.6 is 11.8 Å². The highest BCUT2D eigenvalue weighted by Gasteiger charge is 2.77. The van der Waals surface area contributed by atoms with Crippen LogP contribution in [0.25, 0.3) is 0 Å². The minimum atomic E-state index is -6.70. The lowest BCUT2D eigenvalue weighted by molar-refractivity contribution is -0.242. The summed E-state index contributed by atoms with van der Waals surface area (Å²) in [4.78, 5) is 0. The molecule has 2 unspecified atom stereocenters. The standard InChI is InChI=1S/C15H20F6O3S2/c16-13(17,15(20,21)26(22,23)24)14(18,19)25-9-10-5-7-11-3-1-2-4-12(11)8-6-10/h5,11-12H,1-4,6-9H2,(H,22,23,24). The second-order valence-corrected chi connectivity index (χ2v) is 9.37. The summed E-state index contributed by atoms with van der Waals surface area (Å²) < 4.78 is 110. The molecule has 2 atom stereocenters. The van der Waals surface area contributed by atoms with Gasteiger partial charge in [0.1, 0.15) is 0 Å². The third kappa shape index (κ3) is 4.19. The van der Waals surface area contributed by atoms with E-state index in [1.54, 1.807) is 6.08 Å². The van der Waals surface area contributed by atoms with Gasteiger partial charge in [-0.25, -0.2) is 0 Å². The summed E-state index contributed by atoms with van der Waals surface area (Å²) in [6.07, 6.45) is 7.76. The van der Waals surface area contributed by atoms with Crippen molar-refractivity contribution >= 4 is 21.9 Å². The van der Waals surface area contributed by atoms with Gasteiger partial charge in [0.05, 0.1) is 0 Å². The van der Waals surface area contributed by atoms with Gasteiger partial charge < -0.3 is 0 Å². The van der Waals surface area contributed by atoms with Gasteiger partial charge in [-0.05, 0) is 37.5 Å². The van der Waals surface area contributed by atoms with Gasteiger partial charge in [-0.2, -0.15) is 34.8 Å². The predicted molar refractivity (Wildman–Crippen MR) is 86.2 cm³/mol. The van der Waals surface area contributed by atoms with Gasteiger partial charge in [0.15, 0.2) is 0 Å². The first-order chi connectivity index (χ1) is 11.8. The Kier molecular flexibility index (Phi) is 6.34. The van der Waals surface area contributed by atoms with Crippen LogP contribution in [0, 0.1) is 11.8 Å². The van der Waals surface area contributed by atoms with Crippen LogP contribution in [-0.4, -0.2) is 35.2 Å². The van der Waals surface area contributed by atoms with Crippen LogP contribution in [0.1, 0.15) is 44.9 Å². The van der Waals surface area contributed by atoms with Crippen LogP contribution in [0.5, 0.6) is 0 Å². The molecule has 0 aromatic heterocycles. The molecular formula is C15H20F6O3S2. The smallest absolute Gasteiger partial charge is 0.281 e. The molecule has 0 bridgehead atoms. The van der Waals surface area contributed by atoms with Gasteiger partial charge in [0.2, 0.25) is 0 Å². The number of allylic oxidation sites excluding steroid dienone is 1. The van der Waals surface area contributed by atoms with E-state index < -0.39 is 44.1 Å². The van der Waals surface area contributed by atoms with Gasteiger partial charge in [0.25, 0.3) is 0 Å². The van der Waals surface area contributed by atoms with E-state index in [1.807, 2.05) is 0 Å². The fourth-order valence-corrected chi connectivity index (χ4v) is 4.96. The lowest BCUT2D eigenvalue weighted by Crippen LogP contribution is -2.56. The minimum Gasteiger partial charge on any atom is -0.281 e. The summed E-state index contributed by atoms with van der Waals surface area (Å²) in [5.74, 6) is -5.98. The minimum absolute atomic E-state index is 0.421. The molecule has 152 valence electrons. The molecule has 0 heterocycles. The zero-order valence-electron chi connectivity index (χ0n) is 13.7. The molecule has 0 aromatic rings. The number of hydrogen-bond donors (Lipinski definition) is 1. The lowest BCUT2D eigenvalue weighted by Gasteiger charge is -2.30. The van der Waals surface area contributed by atoms with Crippen LogP contribution in [0.3, 0.4) is 0 Å². The topological polar surface area (TPSA) is 54.4 Å². The second kappa shape index (κ2) is 7.54. The Morgan fingerprint density at radius 1 is 1.04 bits per heavy atom. The highest BCUT2D eigenvalue weighted by atomic mass is 32.2. The first kappa shape index (κ1) is 21.9. The first-order valence-electron chi connectivity index (χ1n) is 8.22. The summed E-state index contributed by atoms with van der Waals surface area (Å²) in [7, 11) is -6.70. The van der Waals surface area contributed by atoms with E-state index >= 15 is 0 Å². The molecule has 1 fully saturated rings. The van der Waals surface area contributed by atoms with Crippen molar-refractivity contribution in [2.45, 2.75) is 61.4 Å². The van der Waals surface area contributed by atoms with E-state index in [2.05, 4.69) is 0 Å². The highest BCUT2D eigenvalue weighted by molar-refractivity contribution is 8.00. The van der Waals surface area contributed by atoms with Crippen LogP contribution < -0.4 is 0 Å². The Balaban J connectivity index is 2.06. The maximum atomic E-state index is 13.7. The Morgan fingerprint density at radius 2 is 1.62 bits per heavy atom. The van der Waals surface area contributed by atoms with Crippen LogP contribution in [0.15, 0.2) is 11.6 Å². The van der Waals surface area contributed by atoms with Crippen molar-refractivity contribution in [1.29, 1.82) is 0 Å². The predicted octanol–water partition coefficient (Wildman–Crippen LogP) is 5.35. The molecule has 1 N–H and O–H groups in total. The Bertz CT molecular complexity index is 648. The summed E-state index contributed by atoms with van der Waals surface area (Å²) in [5, 5.41) is -11.7. The molecule has 0 aliphatic heterocycles. The fraction of sp³-hybridized carbons (Fsp3) is 0.867. The van der Waals surface area contributed by atoms with Crippen molar-refractivity contribution < 1.29 is 39.3 Å². The van der Waals surface area contributed by atoms with Crippen molar-refractivity contribution in [3.05, 3.63) is 11.6 Å². The first-order valence-corrected chi connectivity index (χ1v) is 10.6. The lowest BCUT2D eigenvalue weighted by atomic mass is 9.76. The number of rotatable bonds is 6. The maximum Gasteiger partial charge on any atom is 0.438 e. The molecular weight excluding hydrogens is 406 g/mol. The highest BCUT2D eigenvalue weighted by Crippen LogP contribution is 2.53. The van der Waals surface area contributed by atoms with Crippen molar-refractivity contribution in [3.8, 4) is 0 Å². The maximum absolute atomic E-state index is 13.7. The van der Waals surface area contributed by atoms with E-state index in [0.717, 1.165) is 32.1 Å². The Morgan fingerprint density at radius 3 is 2.19 bits per heavy atom. The monoisotopic (exact) mass is 426 g/mol. The molecule has 1 saturated carbocycles. The third-order valence-electron chi connectivity index (χ3n) is 5.11. The molecule has 11 heteroatoms. The number of fused-ring (bicyclic) bond motifs is 1. The molecule has 0 saturated heterocycles. The van der Waals surface area contributed by atoms with Crippen molar-refractivity contribution in [2.75, 3.05) is 5.75 Å². The Hall–Kier alpha value is -0.420. The largest absolute Gasteiger partial charge is 0.438 e. The second-order valence-electron chi connectivity index (χ2n) is 6.81. The number of halogens is 6. The van der Waals surface area contributed by atoms with Crippen LogP contribution in [0.2, 0.25) is 0 Å². The quantitative estimate of drug-likeness (QED) is 0.354. The molecule has 0 aromatic carbocycles. The van der Waals surface area contributed by atoms with E-state index in [1.165, 1.54) is 0 Å². The molecule has 0 amide bonds. The molecule has 0 radical (unpaired) electrons. The molecule has 3 nitrogen and oxygen atoms in total. The SMILES string of the molecule is O=S(=O)(O)C(F)(F)C(F)(F)C(F)(F)SCC1=CCC2CCCCC2CC1. The number of hydrogen-bond acceptors (Lipinski definition) is 3. The van der Waals surface area contributed by atoms with E-state index in [0.29, 0.717) is 30.3 Å². The average molecular weight is 426 g/mol. The summed E-state index contributed by atoms with van der Waals surface area (Å²) >= 11 is -0.729. The number of thioether (sulfide) groups is 1. The van der Waals surface area contributed by atoms with Gasteiger partial charge in [-0.1, -0.05) is 42.7 Å². The summed E-state index contributed by atoms with van der Waals surface area (Å²) in [6.45, 7) is 0. The number of alkyl halides is 6. The van der Waals surface area contributed by atoms with Crippen LogP contribution in [0.4, 0.5) is 26.3 Å². The van der Waals surface area contributed by atoms with E-state index in [-0.39, 0.29) is 0 Å². The molecule has 0 spiro atoms. The van der Waals surface area contributed by atoms with Crippen molar-refractivity contribution in [2.24, 2.45) is 11.8 Å².